The number of aryl methyl sites for hydroxylation is 2. The SMILES string of the molecule is COc1cc(O)c2c(c1C(=O)NCc1c(C)c(C)cc(C)c1C)OC1=CC(=O)C(C(C)=O)C(=O)[C@]12C. The Kier molecular flexibility index (Phi) is 6.02. The highest BCUT2D eigenvalue weighted by Gasteiger charge is 2.58. The van der Waals surface area contributed by atoms with E-state index in [9.17, 15) is 24.3 Å². The highest BCUT2D eigenvalue weighted by molar-refractivity contribution is 6.27. The summed E-state index contributed by atoms with van der Waals surface area (Å²) in [5, 5.41) is 13.8. The highest BCUT2D eigenvalue weighted by atomic mass is 16.5. The van der Waals surface area contributed by atoms with Gasteiger partial charge in [0.15, 0.2) is 17.3 Å². The van der Waals surface area contributed by atoms with Crippen LogP contribution in [0.25, 0.3) is 0 Å². The number of hydrogen-bond acceptors (Lipinski definition) is 7. The number of ether oxygens (including phenoxy) is 2. The van der Waals surface area contributed by atoms with E-state index in [1.165, 1.54) is 27.0 Å². The first-order valence-electron chi connectivity index (χ1n) is 11.6. The molecule has 2 N–H and O–H groups in total. The van der Waals surface area contributed by atoms with Crippen molar-refractivity contribution in [1.29, 1.82) is 0 Å². The number of carbonyl (C=O) groups is 4. The number of methoxy groups -OCH3 is 1. The zero-order chi connectivity index (χ0) is 26.7. The third-order valence-corrected chi connectivity index (χ3v) is 7.54. The number of aromatic hydroxyl groups is 1. The molecular formula is C28H29NO7. The standard InChI is InChI=1S/C28H29NO7/c1-12-8-13(2)15(4)17(14(12)3)11-29-27(34)23-20(35-7)9-19(32)24-25(23)36-21-10-18(31)22(16(5)30)26(33)28(21,24)6/h8-10,22,32H,11H2,1-7H3,(H,29,34)/t22?,28-/m1/s1. The summed E-state index contributed by atoms with van der Waals surface area (Å²) in [6.45, 7) is 10.9. The minimum absolute atomic E-state index is 0.0128. The molecule has 0 radical (unpaired) electrons. The van der Waals surface area contributed by atoms with E-state index in [1.807, 2.05) is 27.7 Å². The summed E-state index contributed by atoms with van der Waals surface area (Å²) in [5.41, 5.74) is 3.77. The molecule has 0 aromatic heterocycles. The van der Waals surface area contributed by atoms with Crippen molar-refractivity contribution in [1.82, 2.24) is 5.32 Å². The number of phenolic OH excluding ortho intramolecular Hbond substituents is 1. The molecule has 1 heterocycles. The second-order valence-electron chi connectivity index (χ2n) is 9.64. The van der Waals surface area contributed by atoms with Gasteiger partial charge in [0.1, 0.15) is 39.9 Å². The number of benzene rings is 2. The van der Waals surface area contributed by atoms with Gasteiger partial charge in [-0.3, -0.25) is 19.2 Å². The third kappa shape index (κ3) is 3.51. The van der Waals surface area contributed by atoms with E-state index in [-0.39, 0.29) is 40.7 Å². The zero-order valence-electron chi connectivity index (χ0n) is 21.4. The molecule has 2 atom stereocenters. The monoisotopic (exact) mass is 491 g/mol. The fourth-order valence-corrected chi connectivity index (χ4v) is 5.17. The predicted octanol–water partition coefficient (Wildman–Crippen LogP) is 3.46. The Bertz CT molecular complexity index is 1380. The summed E-state index contributed by atoms with van der Waals surface area (Å²) in [6, 6.07) is 3.34. The van der Waals surface area contributed by atoms with Crippen molar-refractivity contribution in [2.45, 2.75) is 53.5 Å². The zero-order valence-corrected chi connectivity index (χ0v) is 21.4. The van der Waals surface area contributed by atoms with Gasteiger partial charge in [-0.1, -0.05) is 6.07 Å². The molecule has 1 aliphatic carbocycles. The van der Waals surface area contributed by atoms with Gasteiger partial charge in [-0.05, 0) is 69.4 Å². The lowest BCUT2D eigenvalue weighted by Gasteiger charge is -2.30. The second-order valence-corrected chi connectivity index (χ2v) is 9.64. The van der Waals surface area contributed by atoms with Crippen LogP contribution in [0.3, 0.4) is 0 Å². The van der Waals surface area contributed by atoms with Crippen LogP contribution in [0, 0.1) is 33.6 Å². The molecule has 2 aliphatic rings. The average molecular weight is 492 g/mol. The number of allylic oxidation sites excluding steroid dienone is 2. The van der Waals surface area contributed by atoms with Crippen molar-refractivity contribution in [3.8, 4) is 17.2 Å². The van der Waals surface area contributed by atoms with Gasteiger partial charge in [-0.25, -0.2) is 0 Å². The molecule has 0 saturated carbocycles. The first-order valence-corrected chi connectivity index (χ1v) is 11.6. The van der Waals surface area contributed by atoms with Gasteiger partial charge >= 0.3 is 0 Å². The largest absolute Gasteiger partial charge is 0.507 e. The van der Waals surface area contributed by atoms with Gasteiger partial charge in [-0.15, -0.1) is 0 Å². The molecule has 1 unspecified atom stereocenters. The topological polar surface area (TPSA) is 119 Å². The van der Waals surface area contributed by atoms with Crippen LogP contribution in [0.1, 0.15) is 57.6 Å². The van der Waals surface area contributed by atoms with Gasteiger partial charge in [0.2, 0.25) is 0 Å². The molecule has 8 nitrogen and oxygen atoms in total. The summed E-state index contributed by atoms with van der Waals surface area (Å²) in [6.07, 6.45) is 1.10. The Balaban J connectivity index is 1.81. The molecule has 8 heteroatoms. The van der Waals surface area contributed by atoms with E-state index in [0.29, 0.717) is 0 Å². The lowest BCUT2D eigenvalue weighted by Crippen LogP contribution is -2.47. The molecule has 0 fully saturated rings. The predicted molar refractivity (Wildman–Crippen MR) is 131 cm³/mol. The summed E-state index contributed by atoms with van der Waals surface area (Å²) in [7, 11) is 1.35. The maximum absolute atomic E-state index is 13.5. The van der Waals surface area contributed by atoms with E-state index >= 15 is 0 Å². The van der Waals surface area contributed by atoms with Crippen LogP contribution in [-0.4, -0.2) is 35.5 Å². The van der Waals surface area contributed by atoms with Crippen LogP contribution in [0.2, 0.25) is 0 Å². The van der Waals surface area contributed by atoms with Crippen LogP contribution >= 0.6 is 0 Å². The minimum Gasteiger partial charge on any atom is -0.507 e. The number of rotatable bonds is 5. The van der Waals surface area contributed by atoms with Gasteiger partial charge < -0.3 is 19.9 Å². The summed E-state index contributed by atoms with van der Waals surface area (Å²) < 4.78 is 11.3. The lowest BCUT2D eigenvalue weighted by atomic mass is 9.67. The second kappa shape index (κ2) is 8.62. The quantitative estimate of drug-likeness (QED) is 0.615. The molecule has 2 aromatic carbocycles. The van der Waals surface area contributed by atoms with E-state index < -0.39 is 34.6 Å². The van der Waals surface area contributed by atoms with Crippen molar-refractivity contribution < 1.29 is 33.8 Å². The number of nitrogens with one attached hydrogen (secondary N) is 1. The molecule has 4 rings (SSSR count). The molecule has 36 heavy (non-hydrogen) atoms. The molecule has 0 bridgehead atoms. The van der Waals surface area contributed by atoms with Crippen LogP contribution in [-0.2, 0) is 26.3 Å². The van der Waals surface area contributed by atoms with Crippen LogP contribution in [0.5, 0.6) is 17.2 Å². The van der Waals surface area contributed by atoms with E-state index in [4.69, 9.17) is 9.47 Å². The molecule has 188 valence electrons. The Morgan fingerprint density at radius 1 is 1.11 bits per heavy atom. The van der Waals surface area contributed by atoms with Crippen molar-refractivity contribution in [3.05, 3.63) is 62.9 Å². The summed E-state index contributed by atoms with van der Waals surface area (Å²) in [5.74, 6) is -4.43. The van der Waals surface area contributed by atoms with Crippen molar-refractivity contribution in [2.75, 3.05) is 7.11 Å². The lowest BCUT2D eigenvalue weighted by molar-refractivity contribution is -0.140. The fourth-order valence-electron chi connectivity index (χ4n) is 5.17. The van der Waals surface area contributed by atoms with Gasteiger partial charge in [0.05, 0.1) is 12.7 Å². The maximum Gasteiger partial charge on any atom is 0.259 e. The van der Waals surface area contributed by atoms with E-state index in [1.54, 1.807) is 0 Å². The molecule has 1 amide bonds. The number of hydrogen-bond donors (Lipinski definition) is 2. The normalized spacial score (nSPS) is 20.3. The van der Waals surface area contributed by atoms with Crippen LogP contribution in [0.15, 0.2) is 24.0 Å². The molecule has 0 saturated heterocycles. The summed E-state index contributed by atoms with van der Waals surface area (Å²) >= 11 is 0. The highest BCUT2D eigenvalue weighted by Crippen LogP contribution is 2.56. The Labute approximate surface area is 209 Å². The Morgan fingerprint density at radius 3 is 2.28 bits per heavy atom. The number of carbonyl (C=O) groups excluding carboxylic acids is 4. The summed E-state index contributed by atoms with van der Waals surface area (Å²) in [4.78, 5) is 51.5. The first-order chi connectivity index (χ1) is 16.8. The van der Waals surface area contributed by atoms with Crippen LogP contribution in [0.4, 0.5) is 0 Å². The molecule has 1 aliphatic heterocycles. The van der Waals surface area contributed by atoms with Gasteiger partial charge in [0.25, 0.3) is 5.91 Å². The van der Waals surface area contributed by atoms with Crippen LogP contribution < -0.4 is 14.8 Å². The number of fused-ring (bicyclic) bond motifs is 3. The fraction of sp³-hybridized carbons (Fsp3) is 0.357. The van der Waals surface area contributed by atoms with Crippen molar-refractivity contribution >= 4 is 23.3 Å². The smallest absolute Gasteiger partial charge is 0.259 e. The molecule has 0 spiro atoms. The first kappa shape index (κ1) is 25.2. The minimum atomic E-state index is -1.61. The number of amides is 1. The maximum atomic E-state index is 13.5. The van der Waals surface area contributed by atoms with Gasteiger partial charge in [0, 0.05) is 18.7 Å². The van der Waals surface area contributed by atoms with Crippen molar-refractivity contribution in [2.24, 2.45) is 5.92 Å². The van der Waals surface area contributed by atoms with Gasteiger partial charge in [-0.2, -0.15) is 0 Å². The average Bonchev–Trinajstić information content (AvgIpc) is 3.10. The molecule has 2 aromatic rings. The van der Waals surface area contributed by atoms with E-state index in [2.05, 4.69) is 11.4 Å². The third-order valence-electron chi connectivity index (χ3n) is 7.54. The number of ketones is 3. The van der Waals surface area contributed by atoms with Crippen molar-refractivity contribution in [3.63, 3.8) is 0 Å². The Hall–Kier alpha value is -3.94. The molecular weight excluding hydrogens is 462 g/mol. The number of phenols is 1. The Morgan fingerprint density at radius 2 is 1.72 bits per heavy atom. The van der Waals surface area contributed by atoms with E-state index in [0.717, 1.165) is 33.9 Å². The number of Topliss-reactive ketones (excluding diaryl/α,β-unsaturated/α-hetero) is 2.